The summed E-state index contributed by atoms with van der Waals surface area (Å²) in [7, 11) is 1.68. The van der Waals surface area contributed by atoms with Crippen molar-refractivity contribution in [2.45, 2.75) is 18.7 Å². The number of hydrogen-bond donors (Lipinski definition) is 0. The van der Waals surface area contributed by atoms with E-state index in [-0.39, 0.29) is 0 Å². The number of ether oxygens (including phenoxy) is 1. The van der Waals surface area contributed by atoms with Crippen molar-refractivity contribution in [3.63, 3.8) is 0 Å². The third kappa shape index (κ3) is 2.73. The fourth-order valence-electron chi connectivity index (χ4n) is 1.17. The normalized spacial score (nSPS) is 13.0. The summed E-state index contributed by atoms with van der Waals surface area (Å²) in [6.45, 7) is 4.40. The Labute approximate surface area is 88.2 Å². The summed E-state index contributed by atoms with van der Waals surface area (Å²) in [6, 6.07) is 8.18. The van der Waals surface area contributed by atoms with Crippen molar-refractivity contribution in [2.24, 2.45) is 5.92 Å². The van der Waals surface area contributed by atoms with Crippen LogP contribution in [0.4, 0.5) is 0 Å². The lowest BCUT2D eigenvalue weighted by atomic mass is 10.0. The van der Waals surface area contributed by atoms with E-state index in [0.717, 1.165) is 5.75 Å². The van der Waals surface area contributed by atoms with Crippen molar-refractivity contribution in [2.75, 3.05) is 7.11 Å². The van der Waals surface area contributed by atoms with Gasteiger partial charge in [0.15, 0.2) is 0 Å². The molecule has 72 valence electrons. The molecule has 0 saturated heterocycles. The van der Waals surface area contributed by atoms with E-state index >= 15 is 0 Å². The van der Waals surface area contributed by atoms with E-state index < -0.39 is 0 Å². The summed E-state index contributed by atoms with van der Waals surface area (Å²) in [6.07, 6.45) is 0. The highest BCUT2D eigenvalue weighted by molar-refractivity contribution is 9.09. The Morgan fingerprint density at radius 2 is 1.69 bits per heavy atom. The Hall–Kier alpha value is -0.500. The molecule has 0 amide bonds. The smallest absolute Gasteiger partial charge is 0.118 e. The van der Waals surface area contributed by atoms with Crippen LogP contribution in [0.25, 0.3) is 0 Å². The molecule has 2 heteroatoms. The number of halogens is 1. The zero-order valence-corrected chi connectivity index (χ0v) is 9.84. The number of alkyl halides is 1. The number of hydrogen-bond acceptors (Lipinski definition) is 1. The minimum absolute atomic E-state index is 0.429. The SMILES string of the molecule is COc1ccc(C(Br)C(C)C)cc1. The fraction of sp³-hybridized carbons (Fsp3) is 0.455. The van der Waals surface area contributed by atoms with Crippen molar-refractivity contribution < 1.29 is 4.74 Å². The first-order valence-corrected chi connectivity index (χ1v) is 5.34. The number of methoxy groups -OCH3 is 1. The van der Waals surface area contributed by atoms with Crippen molar-refractivity contribution in [3.05, 3.63) is 29.8 Å². The van der Waals surface area contributed by atoms with E-state index in [1.165, 1.54) is 5.56 Å². The molecule has 1 aromatic rings. The Morgan fingerprint density at radius 3 is 2.08 bits per heavy atom. The Morgan fingerprint density at radius 1 is 1.15 bits per heavy atom. The topological polar surface area (TPSA) is 9.23 Å². The molecule has 0 aliphatic heterocycles. The molecule has 0 aliphatic carbocycles. The molecule has 0 aromatic heterocycles. The largest absolute Gasteiger partial charge is 0.497 e. The monoisotopic (exact) mass is 242 g/mol. The van der Waals surface area contributed by atoms with E-state index in [4.69, 9.17) is 4.74 Å². The molecule has 0 saturated carbocycles. The zero-order valence-electron chi connectivity index (χ0n) is 8.25. The van der Waals surface area contributed by atoms with Gasteiger partial charge in [0, 0.05) is 4.83 Å². The lowest BCUT2D eigenvalue weighted by Crippen LogP contribution is -1.98. The molecular weight excluding hydrogens is 228 g/mol. The number of benzene rings is 1. The standard InChI is InChI=1S/C11H15BrO/c1-8(2)11(12)9-4-6-10(13-3)7-5-9/h4-8,11H,1-3H3. The van der Waals surface area contributed by atoms with Gasteiger partial charge in [0.2, 0.25) is 0 Å². The van der Waals surface area contributed by atoms with Gasteiger partial charge in [0.25, 0.3) is 0 Å². The van der Waals surface area contributed by atoms with E-state index in [9.17, 15) is 0 Å². The van der Waals surface area contributed by atoms with Gasteiger partial charge in [-0.1, -0.05) is 41.9 Å². The van der Waals surface area contributed by atoms with Crippen LogP contribution in [0.3, 0.4) is 0 Å². The van der Waals surface area contributed by atoms with Gasteiger partial charge in [-0.15, -0.1) is 0 Å². The summed E-state index contributed by atoms with van der Waals surface area (Å²) < 4.78 is 5.09. The molecule has 0 radical (unpaired) electrons. The molecule has 1 nitrogen and oxygen atoms in total. The van der Waals surface area contributed by atoms with Crippen molar-refractivity contribution >= 4 is 15.9 Å². The van der Waals surface area contributed by atoms with E-state index in [2.05, 4.69) is 41.9 Å². The maximum Gasteiger partial charge on any atom is 0.118 e. The lowest BCUT2D eigenvalue weighted by molar-refractivity contribution is 0.414. The van der Waals surface area contributed by atoms with E-state index in [0.29, 0.717) is 10.7 Å². The Balaban J connectivity index is 2.79. The third-order valence-electron chi connectivity index (χ3n) is 2.02. The summed E-state index contributed by atoms with van der Waals surface area (Å²) >= 11 is 3.66. The second kappa shape index (κ2) is 4.66. The predicted molar refractivity (Wildman–Crippen MR) is 59.5 cm³/mol. The maximum absolute atomic E-state index is 5.09. The third-order valence-corrected chi connectivity index (χ3v) is 3.61. The summed E-state index contributed by atoms with van der Waals surface area (Å²) in [4.78, 5) is 0.429. The maximum atomic E-state index is 5.09. The van der Waals surface area contributed by atoms with E-state index in [1.54, 1.807) is 7.11 Å². The minimum atomic E-state index is 0.429. The molecular formula is C11H15BrO. The van der Waals surface area contributed by atoms with Gasteiger partial charge in [-0.25, -0.2) is 0 Å². The van der Waals surface area contributed by atoms with Crippen LogP contribution in [0.5, 0.6) is 5.75 Å². The van der Waals surface area contributed by atoms with Crippen LogP contribution >= 0.6 is 15.9 Å². The number of rotatable bonds is 3. The van der Waals surface area contributed by atoms with Gasteiger partial charge < -0.3 is 4.74 Å². The highest BCUT2D eigenvalue weighted by Crippen LogP contribution is 2.31. The summed E-state index contributed by atoms with van der Waals surface area (Å²) in [5.74, 6) is 1.51. The molecule has 1 rings (SSSR count). The average molecular weight is 243 g/mol. The van der Waals surface area contributed by atoms with Gasteiger partial charge >= 0.3 is 0 Å². The molecule has 0 aliphatic rings. The molecule has 1 unspecified atom stereocenters. The summed E-state index contributed by atoms with van der Waals surface area (Å²) in [5.41, 5.74) is 1.30. The first-order valence-electron chi connectivity index (χ1n) is 4.43. The molecule has 0 bridgehead atoms. The molecule has 0 spiro atoms. The van der Waals surface area contributed by atoms with Crippen LogP contribution in [0, 0.1) is 5.92 Å². The van der Waals surface area contributed by atoms with Gasteiger partial charge in [-0.2, -0.15) is 0 Å². The van der Waals surface area contributed by atoms with Crippen LogP contribution in [0.1, 0.15) is 24.2 Å². The van der Waals surface area contributed by atoms with Crippen LogP contribution < -0.4 is 4.74 Å². The molecule has 0 N–H and O–H groups in total. The Kier molecular flexibility index (Phi) is 3.79. The fourth-order valence-corrected chi connectivity index (χ4v) is 1.48. The first kappa shape index (κ1) is 10.6. The van der Waals surface area contributed by atoms with Gasteiger partial charge in [0.05, 0.1) is 7.11 Å². The van der Waals surface area contributed by atoms with Crippen LogP contribution in [-0.2, 0) is 0 Å². The highest BCUT2D eigenvalue weighted by atomic mass is 79.9. The zero-order chi connectivity index (χ0) is 9.84. The van der Waals surface area contributed by atoms with Gasteiger partial charge in [0.1, 0.15) is 5.75 Å². The van der Waals surface area contributed by atoms with Crippen LogP contribution in [-0.4, -0.2) is 7.11 Å². The molecule has 1 aromatic carbocycles. The van der Waals surface area contributed by atoms with Gasteiger partial charge in [-0.05, 0) is 23.6 Å². The molecule has 0 heterocycles. The van der Waals surface area contributed by atoms with E-state index in [1.807, 2.05) is 12.1 Å². The first-order chi connectivity index (χ1) is 6.15. The molecule has 1 atom stereocenters. The van der Waals surface area contributed by atoms with Crippen molar-refractivity contribution in [1.82, 2.24) is 0 Å². The minimum Gasteiger partial charge on any atom is -0.497 e. The van der Waals surface area contributed by atoms with Crippen LogP contribution in [0.2, 0.25) is 0 Å². The lowest BCUT2D eigenvalue weighted by Gasteiger charge is -2.14. The Bertz CT molecular complexity index is 253. The highest BCUT2D eigenvalue weighted by Gasteiger charge is 2.10. The average Bonchev–Trinajstić information content (AvgIpc) is 2.17. The van der Waals surface area contributed by atoms with Crippen LogP contribution in [0.15, 0.2) is 24.3 Å². The summed E-state index contributed by atoms with van der Waals surface area (Å²) in [5, 5.41) is 0. The van der Waals surface area contributed by atoms with Gasteiger partial charge in [-0.3, -0.25) is 0 Å². The second-order valence-electron chi connectivity index (χ2n) is 3.42. The van der Waals surface area contributed by atoms with Crippen molar-refractivity contribution in [3.8, 4) is 5.75 Å². The van der Waals surface area contributed by atoms with Crippen molar-refractivity contribution in [1.29, 1.82) is 0 Å². The predicted octanol–water partition coefficient (Wildman–Crippen LogP) is 3.79. The quantitative estimate of drug-likeness (QED) is 0.734. The molecule has 0 fully saturated rings. The molecule has 13 heavy (non-hydrogen) atoms. The second-order valence-corrected chi connectivity index (χ2v) is 4.41.